The molecule has 0 fully saturated rings. The standard InChI is InChI=1S/C13H16Cl2N4S/c1-8(2)19-11(6-16)17-18-13(19)20-7-9-4-3-5-10(14)12(9)15/h3-5,8H,6-7,16H2,1-2H3. The van der Waals surface area contributed by atoms with Crippen molar-refractivity contribution in [2.45, 2.75) is 37.3 Å². The van der Waals surface area contributed by atoms with Crippen LogP contribution in [0, 0.1) is 0 Å². The van der Waals surface area contributed by atoms with Crippen LogP contribution >= 0.6 is 35.0 Å². The van der Waals surface area contributed by atoms with E-state index in [0.29, 0.717) is 22.3 Å². The lowest BCUT2D eigenvalue weighted by Gasteiger charge is -2.13. The minimum Gasteiger partial charge on any atom is -0.324 e. The molecule has 0 aliphatic carbocycles. The van der Waals surface area contributed by atoms with Gasteiger partial charge in [0.15, 0.2) is 5.16 Å². The fraction of sp³-hybridized carbons (Fsp3) is 0.385. The van der Waals surface area contributed by atoms with Crippen LogP contribution in [0.1, 0.15) is 31.3 Å². The van der Waals surface area contributed by atoms with Gasteiger partial charge in [0.25, 0.3) is 0 Å². The van der Waals surface area contributed by atoms with Crippen molar-refractivity contribution in [3.63, 3.8) is 0 Å². The zero-order valence-electron chi connectivity index (χ0n) is 11.3. The molecule has 1 heterocycles. The van der Waals surface area contributed by atoms with Crippen LogP contribution in [-0.2, 0) is 12.3 Å². The average molecular weight is 331 g/mol. The van der Waals surface area contributed by atoms with Gasteiger partial charge in [0.2, 0.25) is 0 Å². The van der Waals surface area contributed by atoms with Gasteiger partial charge in [-0.3, -0.25) is 0 Å². The van der Waals surface area contributed by atoms with Crippen molar-refractivity contribution in [2.24, 2.45) is 5.73 Å². The van der Waals surface area contributed by atoms with E-state index in [9.17, 15) is 0 Å². The van der Waals surface area contributed by atoms with Crippen molar-refractivity contribution in [3.05, 3.63) is 39.6 Å². The summed E-state index contributed by atoms with van der Waals surface area (Å²) in [6, 6.07) is 5.89. The van der Waals surface area contributed by atoms with E-state index in [1.165, 1.54) is 0 Å². The number of rotatable bonds is 5. The lowest BCUT2D eigenvalue weighted by molar-refractivity contribution is 0.526. The maximum absolute atomic E-state index is 6.19. The lowest BCUT2D eigenvalue weighted by Crippen LogP contribution is -2.11. The normalized spacial score (nSPS) is 11.3. The molecule has 20 heavy (non-hydrogen) atoms. The first-order chi connectivity index (χ1) is 9.54. The third-order valence-corrected chi connectivity index (χ3v) is 4.67. The second-order valence-corrected chi connectivity index (χ2v) is 6.30. The van der Waals surface area contributed by atoms with Gasteiger partial charge in [0.05, 0.1) is 16.6 Å². The van der Waals surface area contributed by atoms with Crippen LogP contribution in [0.15, 0.2) is 23.4 Å². The zero-order valence-corrected chi connectivity index (χ0v) is 13.6. The van der Waals surface area contributed by atoms with Crippen molar-refractivity contribution in [1.29, 1.82) is 0 Å². The fourth-order valence-corrected chi connectivity index (χ4v) is 3.41. The fourth-order valence-electron chi connectivity index (χ4n) is 1.87. The second kappa shape index (κ2) is 6.80. The molecule has 0 atom stereocenters. The van der Waals surface area contributed by atoms with Gasteiger partial charge < -0.3 is 10.3 Å². The predicted octanol–water partition coefficient (Wildman–Crippen LogP) is 3.92. The molecule has 0 radical (unpaired) electrons. The van der Waals surface area contributed by atoms with Crippen LogP contribution < -0.4 is 5.73 Å². The summed E-state index contributed by atoms with van der Waals surface area (Å²) in [7, 11) is 0. The van der Waals surface area contributed by atoms with E-state index < -0.39 is 0 Å². The highest BCUT2D eigenvalue weighted by Crippen LogP contribution is 2.31. The molecular weight excluding hydrogens is 315 g/mol. The number of benzene rings is 1. The molecule has 4 nitrogen and oxygen atoms in total. The first kappa shape index (κ1) is 15.6. The Bertz CT molecular complexity index is 598. The highest BCUT2D eigenvalue weighted by molar-refractivity contribution is 7.98. The number of thioether (sulfide) groups is 1. The molecule has 0 aliphatic heterocycles. The first-order valence-corrected chi connectivity index (χ1v) is 7.98. The van der Waals surface area contributed by atoms with Crippen molar-refractivity contribution < 1.29 is 0 Å². The third-order valence-electron chi connectivity index (χ3n) is 2.82. The Labute approximate surface area is 132 Å². The number of aromatic nitrogens is 3. The van der Waals surface area contributed by atoms with E-state index in [4.69, 9.17) is 28.9 Å². The zero-order chi connectivity index (χ0) is 14.7. The van der Waals surface area contributed by atoms with Gasteiger partial charge in [0, 0.05) is 11.8 Å². The lowest BCUT2D eigenvalue weighted by atomic mass is 10.2. The molecule has 2 N–H and O–H groups in total. The minimum atomic E-state index is 0.265. The molecule has 0 saturated carbocycles. The summed E-state index contributed by atoms with van der Waals surface area (Å²) in [4.78, 5) is 0. The molecule has 1 aromatic carbocycles. The molecule has 0 saturated heterocycles. The Hall–Kier alpha value is -0.750. The van der Waals surface area contributed by atoms with Crippen molar-refractivity contribution in [2.75, 3.05) is 0 Å². The average Bonchev–Trinajstić information content (AvgIpc) is 2.83. The number of nitrogens with zero attached hydrogens (tertiary/aromatic N) is 3. The van der Waals surface area contributed by atoms with Crippen molar-refractivity contribution >= 4 is 35.0 Å². The molecule has 0 spiro atoms. The summed E-state index contributed by atoms with van der Waals surface area (Å²) in [6.45, 7) is 4.54. The van der Waals surface area contributed by atoms with E-state index in [2.05, 4.69) is 24.0 Å². The molecular formula is C13H16Cl2N4S. The Morgan fingerprint density at radius 2 is 2.05 bits per heavy atom. The van der Waals surface area contributed by atoms with Gasteiger partial charge in [-0.15, -0.1) is 10.2 Å². The molecule has 7 heteroatoms. The summed E-state index contributed by atoms with van der Waals surface area (Å²) < 4.78 is 2.04. The topological polar surface area (TPSA) is 56.7 Å². The quantitative estimate of drug-likeness (QED) is 0.844. The highest BCUT2D eigenvalue weighted by atomic mass is 35.5. The Balaban J connectivity index is 2.19. The summed E-state index contributed by atoms with van der Waals surface area (Å²) in [5.74, 6) is 1.48. The Morgan fingerprint density at radius 1 is 1.30 bits per heavy atom. The Kier molecular flexibility index (Phi) is 5.32. The molecule has 2 rings (SSSR count). The van der Waals surface area contributed by atoms with Crippen LogP contribution in [0.3, 0.4) is 0 Å². The third kappa shape index (κ3) is 3.28. The molecule has 0 aliphatic rings. The smallest absolute Gasteiger partial charge is 0.191 e. The SMILES string of the molecule is CC(C)n1c(CN)nnc1SCc1cccc(Cl)c1Cl. The molecule has 0 bridgehead atoms. The number of nitrogens with two attached hydrogens (primary N) is 1. The van der Waals surface area contributed by atoms with Gasteiger partial charge >= 0.3 is 0 Å². The van der Waals surface area contributed by atoms with Crippen LogP contribution in [-0.4, -0.2) is 14.8 Å². The van der Waals surface area contributed by atoms with Gasteiger partial charge in [-0.1, -0.05) is 47.1 Å². The summed E-state index contributed by atoms with van der Waals surface area (Å²) >= 11 is 13.8. The maximum Gasteiger partial charge on any atom is 0.191 e. The van der Waals surface area contributed by atoms with E-state index in [1.54, 1.807) is 17.8 Å². The van der Waals surface area contributed by atoms with Gasteiger partial charge in [-0.05, 0) is 25.5 Å². The van der Waals surface area contributed by atoms with E-state index in [1.807, 2.05) is 16.7 Å². The summed E-state index contributed by atoms with van der Waals surface area (Å²) in [6.07, 6.45) is 0. The van der Waals surface area contributed by atoms with Gasteiger partial charge in [-0.25, -0.2) is 0 Å². The minimum absolute atomic E-state index is 0.265. The predicted molar refractivity (Wildman–Crippen MR) is 84.3 cm³/mol. The number of hydrogen-bond donors (Lipinski definition) is 1. The summed E-state index contributed by atoms with van der Waals surface area (Å²) in [5.41, 5.74) is 6.66. The second-order valence-electron chi connectivity index (χ2n) is 4.57. The van der Waals surface area contributed by atoms with Gasteiger partial charge in [0.1, 0.15) is 5.82 Å². The highest BCUT2D eigenvalue weighted by Gasteiger charge is 2.15. The molecule has 1 aromatic heterocycles. The molecule has 108 valence electrons. The van der Waals surface area contributed by atoms with Crippen LogP contribution in [0.4, 0.5) is 0 Å². The van der Waals surface area contributed by atoms with E-state index in [-0.39, 0.29) is 6.04 Å². The Morgan fingerprint density at radius 3 is 2.70 bits per heavy atom. The monoisotopic (exact) mass is 330 g/mol. The van der Waals surface area contributed by atoms with E-state index >= 15 is 0 Å². The van der Waals surface area contributed by atoms with Crippen molar-refractivity contribution in [3.8, 4) is 0 Å². The van der Waals surface area contributed by atoms with Crippen LogP contribution in [0.2, 0.25) is 10.0 Å². The first-order valence-electron chi connectivity index (χ1n) is 6.24. The van der Waals surface area contributed by atoms with Crippen LogP contribution in [0.25, 0.3) is 0 Å². The van der Waals surface area contributed by atoms with E-state index in [0.717, 1.165) is 16.5 Å². The summed E-state index contributed by atoms with van der Waals surface area (Å²) in [5, 5.41) is 10.3. The maximum atomic E-state index is 6.19. The number of hydrogen-bond acceptors (Lipinski definition) is 4. The largest absolute Gasteiger partial charge is 0.324 e. The van der Waals surface area contributed by atoms with Gasteiger partial charge in [-0.2, -0.15) is 0 Å². The van der Waals surface area contributed by atoms with Crippen LogP contribution in [0.5, 0.6) is 0 Å². The van der Waals surface area contributed by atoms with Crippen molar-refractivity contribution in [1.82, 2.24) is 14.8 Å². The molecule has 0 unspecified atom stereocenters. The number of halogens is 2. The molecule has 0 amide bonds. The molecule has 2 aromatic rings.